The van der Waals surface area contributed by atoms with Crippen LogP contribution in [0.15, 0.2) is 29.2 Å². The summed E-state index contributed by atoms with van der Waals surface area (Å²) in [4.78, 5) is 0.812. The number of ether oxygens (including phenoxy) is 1. The normalized spacial score (nSPS) is 25.3. The Bertz CT molecular complexity index is 371. The van der Waals surface area contributed by atoms with E-state index in [1.165, 1.54) is 23.9 Å². The highest BCUT2D eigenvalue weighted by Crippen LogP contribution is 2.51. The van der Waals surface area contributed by atoms with Gasteiger partial charge in [0.1, 0.15) is 0 Å². The zero-order chi connectivity index (χ0) is 11.1. The van der Waals surface area contributed by atoms with Gasteiger partial charge in [-0.05, 0) is 24.0 Å². The zero-order valence-corrected chi connectivity index (χ0v) is 8.78. The predicted octanol–water partition coefficient (Wildman–Crippen LogP) is 3.20. The second kappa shape index (κ2) is 3.42. The zero-order valence-electron chi connectivity index (χ0n) is 7.97. The van der Waals surface area contributed by atoms with Crippen LogP contribution in [-0.2, 0) is 10.3 Å². The number of benzene rings is 1. The van der Waals surface area contributed by atoms with E-state index in [0.717, 1.165) is 4.90 Å². The molecule has 1 saturated heterocycles. The largest absolute Gasteiger partial charge is 0.424 e. The first-order valence-corrected chi connectivity index (χ1v) is 5.57. The third-order valence-corrected chi connectivity index (χ3v) is 3.15. The molecule has 1 heterocycles. The molecule has 0 bridgehead atoms. The van der Waals surface area contributed by atoms with Crippen LogP contribution in [0.2, 0.25) is 0 Å². The molecule has 2 rings (SSSR count). The maximum absolute atomic E-state index is 12.7. The van der Waals surface area contributed by atoms with Crippen LogP contribution in [-0.4, -0.2) is 19.0 Å². The molecule has 0 saturated carbocycles. The number of hydrogen-bond donors (Lipinski definition) is 0. The SMILES string of the molecule is CSc1cccc([C@@]2(C(F)(F)F)CO2)c1. The van der Waals surface area contributed by atoms with Crippen LogP contribution in [0.3, 0.4) is 0 Å². The highest BCUT2D eigenvalue weighted by atomic mass is 32.2. The molecule has 82 valence electrons. The average molecular weight is 234 g/mol. The molecule has 5 heteroatoms. The maximum Gasteiger partial charge on any atom is 0.424 e. The molecule has 0 N–H and O–H groups in total. The molecule has 1 aliphatic heterocycles. The minimum Gasteiger partial charge on any atom is -0.355 e. The molecule has 0 aromatic heterocycles. The van der Waals surface area contributed by atoms with Crippen LogP contribution in [0.4, 0.5) is 13.2 Å². The van der Waals surface area contributed by atoms with Crippen LogP contribution in [0.1, 0.15) is 5.56 Å². The number of alkyl halides is 3. The van der Waals surface area contributed by atoms with Gasteiger partial charge in [-0.25, -0.2) is 0 Å². The molecule has 0 unspecified atom stereocenters. The van der Waals surface area contributed by atoms with Gasteiger partial charge in [-0.3, -0.25) is 0 Å². The lowest BCUT2D eigenvalue weighted by Gasteiger charge is -2.16. The first-order valence-electron chi connectivity index (χ1n) is 4.35. The van der Waals surface area contributed by atoms with Gasteiger partial charge in [0.2, 0.25) is 5.60 Å². The van der Waals surface area contributed by atoms with E-state index in [4.69, 9.17) is 0 Å². The lowest BCUT2D eigenvalue weighted by molar-refractivity contribution is -0.187. The monoisotopic (exact) mass is 234 g/mol. The van der Waals surface area contributed by atoms with Gasteiger partial charge in [0.25, 0.3) is 0 Å². The molecule has 1 aromatic rings. The van der Waals surface area contributed by atoms with Crippen molar-refractivity contribution in [2.24, 2.45) is 0 Å². The van der Waals surface area contributed by atoms with Crippen molar-refractivity contribution in [3.05, 3.63) is 29.8 Å². The molecule has 1 fully saturated rings. The number of thioether (sulfide) groups is 1. The van der Waals surface area contributed by atoms with E-state index in [1.54, 1.807) is 12.1 Å². The van der Waals surface area contributed by atoms with Crippen LogP contribution < -0.4 is 0 Å². The maximum atomic E-state index is 12.7. The van der Waals surface area contributed by atoms with Crippen LogP contribution in [0.25, 0.3) is 0 Å². The summed E-state index contributed by atoms with van der Waals surface area (Å²) >= 11 is 1.41. The fraction of sp³-hybridized carbons (Fsp3) is 0.400. The van der Waals surface area contributed by atoms with Crippen molar-refractivity contribution in [1.29, 1.82) is 0 Å². The van der Waals surface area contributed by atoms with Crippen molar-refractivity contribution in [3.8, 4) is 0 Å². The van der Waals surface area contributed by atoms with E-state index in [1.807, 2.05) is 6.26 Å². The van der Waals surface area contributed by atoms with Crippen molar-refractivity contribution < 1.29 is 17.9 Å². The predicted molar refractivity (Wildman–Crippen MR) is 51.9 cm³/mol. The Kier molecular flexibility index (Phi) is 2.47. The van der Waals surface area contributed by atoms with Crippen molar-refractivity contribution in [2.45, 2.75) is 16.7 Å². The molecule has 0 radical (unpaired) electrons. The molecule has 15 heavy (non-hydrogen) atoms. The molecule has 1 nitrogen and oxygen atoms in total. The molecule has 1 atom stereocenters. The Labute approximate surface area is 89.6 Å². The van der Waals surface area contributed by atoms with Gasteiger partial charge in [-0.1, -0.05) is 12.1 Å². The number of epoxide rings is 1. The van der Waals surface area contributed by atoms with Crippen molar-refractivity contribution in [1.82, 2.24) is 0 Å². The minimum absolute atomic E-state index is 0.196. The van der Waals surface area contributed by atoms with Crippen molar-refractivity contribution in [2.75, 3.05) is 12.9 Å². The minimum atomic E-state index is -4.33. The van der Waals surface area contributed by atoms with Crippen LogP contribution in [0, 0.1) is 0 Å². The van der Waals surface area contributed by atoms with Gasteiger partial charge in [0, 0.05) is 4.90 Å². The van der Waals surface area contributed by atoms with Crippen molar-refractivity contribution in [3.63, 3.8) is 0 Å². The Morgan fingerprint density at radius 1 is 1.40 bits per heavy atom. The molecular formula is C10H9F3OS. The smallest absolute Gasteiger partial charge is 0.355 e. The van der Waals surface area contributed by atoms with E-state index in [0.29, 0.717) is 0 Å². The second-order valence-electron chi connectivity index (χ2n) is 3.35. The topological polar surface area (TPSA) is 12.5 Å². The van der Waals surface area contributed by atoms with E-state index in [-0.39, 0.29) is 12.2 Å². The molecule has 0 spiro atoms. The summed E-state index contributed by atoms with van der Waals surface area (Å²) < 4.78 is 42.7. The average Bonchev–Trinajstić information content (AvgIpc) is 2.97. The summed E-state index contributed by atoms with van der Waals surface area (Å²) in [6.45, 7) is -0.270. The second-order valence-corrected chi connectivity index (χ2v) is 4.23. The van der Waals surface area contributed by atoms with E-state index < -0.39 is 11.8 Å². The summed E-state index contributed by atoms with van der Waals surface area (Å²) in [5, 5.41) is 0. The van der Waals surface area contributed by atoms with Gasteiger partial charge in [0.05, 0.1) is 6.61 Å². The van der Waals surface area contributed by atoms with Gasteiger partial charge in [0.15, 0.2) is 0 Å². The molecular weight excluding hydrogens is 225 g/mol. The Balaban J connectivity index is 2.38. The van der Waals surface area contributed by atoms with Gasteiger partial charge in [-0.2, -0.15) is 13.2 Å². The van der Waals surface area contributed by atoms with Gasteiger partial charge >= 0.3 is 6.18 Å². The Hall–Kier alpha value is -0.680. The molecule has 0 aliphatic carbocycles. The quantitative estimate of drug-likeness (QED) is 0.575. The number of hydrogen-bond acceptors (Lipinski definition) is 2. The van der Waals surface area contributed by atoms with Crippen LogP contribution >= 0.6 is 11.8 Å². The number of halogens is 3. The number of rotatable bonds is 2. The fourth-order valence-electron chi connectivity index (χ4n) is 1.44. The lowest BCUT2D eigenvalue weighted by Crippen LogP contribution is -2.30. The third-order valence-electron chi connectivity index (χ3n) is 2.43. The van der Waals surface area contributed by atoms with Gasteiger partial charge < -0.3 is 4.74 Å². The third kappa shape index (κ3) is 1.74. The van der Waals surface area contributed by atoms with Crippen LogP contribution in [0.5, 0.6) is 0 Å². The highest BCUT2D eigenvalue weighted by molar-refractivity contribution is 7.98. The summed E-state index contributed by atoms with van der Waals surface area (Å²) in [5.41, 5.74) is -1.85. The summed E-state index contributed by atoms with van der Waals surface area (Å²) in [6, 6.07) is 6.39. The highest BCUT2D eigenvalue weighted by Gasteiger charge is 2.67. The molecule has 1 aliphatic rings. The summed E-state index contributed by atoms with van der Waals surface area (Å²) in [7, 11) is 0. The van der Waals surface area contributed by atoms with Gasteiger partial charge in [-0.15, -0.1) is 11.8 Å². The Morgan fingerprint density at radius 2 is 2.07 bits per heavy atom. The standard InChI is InChI=1S/C10H9F3OS/c1-15-8-4-2-3-7(5-8)9(6-14-9)10(11,12)13/h2-5H,6H2,1H3/t9-/m1/s1. The fourth-order valence-corrected chi connectivity index (χ4v) is 1.90. The summed E-state index contributed by atoms with van der Waals surface area (Å²) in [5.74, 6) is 0. The Morgan fingerprint density at radius 3 is 2.53 bits per heavy atom. The first kappa shape index (κ1) is 10.8. The van der Waals surface area contributed by atoms with Crippen molar-refractivity contribution >= 4 is 11.8 Å². The van der Waals surface area contributed by atoms with E-state index >= 15 is 0 Å². The summed E-state index contributed by atoms with van der Waals surface area (Å²) in [6.07, 6.45) is -2.50. The molecule has 0 amide bonds. The van der Waals surface area contributed by atoms with E-state index in [9.17, 15) is 13.2 Å². The van der Waals surface area contributed by atoms with E-state index in [2.05, 4.69) is 4.74 Å². The lowest BCUT2D eigenvalue weighted by atomic mass is 10.00. The molecule has 1 aromatic carbocycles. The first-order chi connectivity index (χ1) is 6.99.